The van der Waals surface area contributed by atoms with Crippen LogP contribution in [0.25, 0.3) is 0 Å². The highest BCUT2D eigenvalue weighted by Crippen LogP contribution is 2.14. The first-order valence-electron chi connectivity index (χ1n) is 7.22. The Labute approximate surface area is 144 Å². The highest BCUT2D eigenvalue weighted by atomic mass is 79.9. The number of hydrogen-bond acceptors (Lipinski definition) is 2. The lowest BCUT2D eigenvalue weighted by molar-refractivity contribution is -0.116. The van der Waals surface area contributed by atoms with Gasteiger partial charge in [0.15, 0.2) is 5.96 Å². The van der Waals surface area contributed by atoms with Gasteiger partial charge in [-0.05, 0) is 43.3 Å². The molecule has 0 unspecified atom stereocenters. The number of amides is 1. The quantitative estimate of drug-likeness (QED) is 0.553. The molecule has 0 aliphatic rings. The molecule has 0 saturated carbocycles. The summed E-state index contributed by atoms with van der Waals surface area (Å²) in [7, 11) is 0. The van der Waals surface area contributed by atoms with E-state index >= 15 is 0 Å². The van der Waals surface area contributed by atoms with Crippen molar-refractivity contribution in [1.82, 2.24) is 0 Å². The summed E-state index contributed by atoms with van der Waals surface area (Å²) in [5, 5.41) is 5.80. The van der Waals surface area contributed by atoms with Crippen molar-refractivity contribution in [2.75, 3.05) is 17.2 Å². The number of carbonyl (C=O) groups excluding carboxylic acids is 1. The normalized spacial score (nSPS) is 11.1. The van der Waals surface area contributed by atoms with Crippen LogP contribution in [0.3, 0.4) is 0 Å². The Morgan fingerprint density at radius 2 is 1.61 bits per heavy atom. The maximum atomic E-state index is 11.8. The van der Waals surface area contributed by atoms with E-state index in [9.17, 15) is 4.79 Å². The first-order valence-corrected chi connectivity index (χ1v) is 8.01. The number of rotatable bonds is 5. The summed E-state index contributed by atoms with van der Waals surface area (Å²) in [5.41, 5.74) is 8.61. The first kappa shape index (κ1) is 17.0. The van der Waals surface area contributed by atoms with E-state index in [0.717, 1.165) is 15.8 Å². The molecule has 0 spiro atoms. The number of nitrogens with one attached hydrogen (secondary N) is 2. The molecule has 0 saturated heterocycles. The third kappa shape index (κ3) is 6.12. The van der Waals surface area contributed by atoms with E-state index in [2.05, 4.69) is 31.6 Å². The predicted octanol–water partition coefficient (Wildman–Crippen LogP) is 3.51. The molecule has 4 N–H and O–H groups in total. The molecule has 0 fully saturated rings. The van der Waals surface area contributed by atoms with E-state index in [4.69, 9.17) is 5.73 Å². The van der Waals surface area contributed by atoms with Gasteiger partial charge in [-0.2, -0.15) is 0 Å². The zero-order valence-corrected chi connectivity index (χ0v) is 14.4. The van der Waals surface area contributed by atoms with Crippen molar-refractivity contribution in [2.45, 2.75) is 13.3 Å². The zero-order chi connectivity index (χ0) is 16.7. The van der Waals surface area contributed by atoms with Crippen molar-refractivity contribution in [3.05, 3.63) is 58.6 Å². The lowest BCUT2D eigenvalue weighted by atomic mass is 10.2. The molecule has 5 nitrogen and oxygen atoms in total. The average Bonchev–Trinajstić information content (AvgIpc) is 2.52. The van der Waals surface area contributed by atoms with Gasteiger partial charge in [0.2, 0.25) is 5.91 Å². The van der Waals surface area contributed by atoms with Crippen LogP contribution in [0.5, 0.6) is 0 Å². The zero-order valence-electron chi connectivity index (χ0n) is 12.8. The van der Waals surface area contributed by atoms with Crippen molar-refractivity contribution in [3.8, 4) is 0 Å². The molecule has 2 aromatic carbocycles. The minimum Gasteiger partial charge on any atom is -0.370 e. The Hall–Kier alpha value is -2.34. The van der Waals surface area contributed by atoms with Crippen LogP contribution in [-0.2, 0) is 4.79 Å². The molecule has 2 aromatic rings. The molecular formula is C17H19BrN4O. The summed E-state index contributed by atoms with van der Waals surface area (Å²) in [6, 6.07) is 15.2. The van der Waals surface area contributed by atoms with Crippen LogP contribution >= 0.6 is 15.9 Å². The Morgan fingerprint density at radius 3 is 2.26 bits per heavy atom. The molecular weight excluding hydrogens is 356 g/mol. The second-order valence-corrected chi connectivity index (χ2v) is 5.98. The van der Waals surface area contributed by atoms with Crippen molar-refractivity contribution >= 4 is 39.2 Å². The minimum atomic E-state index is -0.0980. The van der Waals surface area contributed by atoms with E-state index in [0.29, 0.717) is 12.5 Å². The van der Waals surface area contributed by atoms with E-state index in [1.54, 1.807) is 0 Å². The maximum Gasteiger partial charge on any atom is 0.226 e. The van der Waals surface area contributed by atoms with Gasteiger partial charge >= 0.3 is 0 Å². The fourth-order valence-corrected chi connectivity index (χ4v) is 2.12. The number of nitrogens with two attached hydrogens (primary N) is 1. The van der Waals surface area contributed by atoms with Crippen LogP contribution in [-0.4, -0.2) is 18.4 Å². The summed E-state index contributed by atoms with van der Waals surface area (Å²) in [4.78, 5) is 16.0. The van der Waals surface area contributed by atoms with Gasteiger partial charge in [-0.3, -0.25) is 9.79 Å². The molecule has 2 rings (SSSR count). The van der Waals surface area contributed by atoms with Crippen molar-refractivity contribution < 1.29 is 4.79 Å². The van der Waals surface area contributed by atoms with Crippen LogP contribution in [0, 0.1) is 6.92 Å². The van der Waals surface area contributed by atoms with Crippen LogP contribution in [0.4, 0.5) is 11.4 Å². The van der Waals surface area contributed by atoms with E-state index in [-0.39, 0.29) is 12.3 Å². The Morgan fingerprint density at radius 1 is 1.04 bits per heavy atom. The molecule has 0 atom stereocenters. The third-order valence-corrected chi connectivity index (χ3v) is 3.60. The molecule has 0 heterocycles. The number of guanidine groups is 1. The highest BCUT2D eigenvalue weighted by Gasteiger charge is 2.02. The topological polar surface area (TPSA) is 79.5 Å². The molecule has 23 heavy (non-hydrogen) atoms. The van der Waals surface area contributed by atoms with Crippen LogP contribution in [0.2, 0.25) is 0 Å². The van der Waals surface area contributed by atoms with Gasteiger partial charge < -0.3 is 16.4 Å². The average molecular weight is 375 g/mol. The minimum absolute atomic E-state index is 0.0980. The monoisotopic (exact) mass is 374 g/mol. The van der Waals surface area contributed by atoms with Crippen molar-refractivity contribution in [2.24, 2.45) is 10.7 Å². The van der Waals surface area contributed by atoms with Crippen LogP contribution in [0.15, 0.2) is 58.0 Å². The summed E-state index contributed by atoms with van der Waals surface area (Å²) < 4.78 is 0.968. The van der Waals surface area contributed by atoms with E-state index < -0.39 is 0 Å². The summed E-state index contributed by atoms with van der Waals surface area (Å²) in [6.45, 7) is 2.35. The third-order valence-electron chi connectivity index (χ3n) is 3.07. The number of halogens is 1. The van der Waals surface area contributed by atoms with Crippen molar-refractivity contribution in [3.63, 3.8) is 0 Å². The molecule has 1 amide bonds. The van der Waals surface area contributed by atoms with Gasteiger partial charge in [0.1, 0.15) is 0 Å². The number of aryl methyl sites for hydroxylation is 1. The maximum absolute atomic E-state index is 11.8. The Kier molecular flexibility index (Phi) is 6.17. The van der Waals surface area contributed by atoms with Gasteiger partial charge in [0, 0.05) is 22.3 Å². The molecule has 120 valence electrons. The van der Waals surface area contributed by atoms with Gasteiger partial charge in [-0.15, -0.1) is 0 Å². The van der Waals surface area contributed by atoms with Gasteiger partial charge in [0.05, 0.1) is 6.54 Å². The second kappa shape index (κ2) is 8.33. The Bertz CT molecular complexity index is 681. The smallest absolute Gasteiger partial charge is 0.226 e. The molecule has 0 radical (unpaired) electrons. The fourth-order valence-electron chi connectivity index (χ4n) is 1.86. The van der Waals surface area contributed by atoms with Gasteiger partial charge in [-0.1, -0.05) is 33.6 Å². The predicted molar refractivity (Wildman–Crippen MR) is 98.7 cm³/mol. The van der Waals surface area contributed by atoms with Crippen LogP contribution in [0.1, 0.15) is 12.0 Å². The number of carbonyl (C=O) groups is 1. The van der Waals surface area contributed by atoms with E-state index in [1.807, 2.05) is 55.5 Å². The molecule has 0 aliphatic heterocycles. The summed E-state index contributed by atoms with van der Waals surface area (Å²) in [6.07, 6.45) is 0.270. The lowest BCUT2D eigenvalue weighted by Crippen LogP contribution is -2.23. The van der Waals surface area contributed by atoms with Crippen molar-refractivity contribution in [1.29, 1.82) is 0 Å². The second-order valence-electron chi connectivity index (χ2n) is 5.06. The summed E-state index contributed by atoms with van der Waals surface area (Å²) in [5.74, 6) is 0.199. The molecule has 0 aromatic heterocycles. The number of hydrogen-bond donors (Lipinski definition) is 3. The first-order chi connectivity index (χ1) is 11.0. The number of aliphatic imine (C=N–C) groups is 1. The highest BCUT2D eigenvalue weighted by molar-refractivity contribution is 9.10. The van der Waals surface area contributed by atoms with Crippen LogP contribution < -0.4 is 16.4 Å². The lowest BCUT2D eigenvalue weighted by Gasteiger charge is -2.06. The SMILES string of the molecule is Cc1ccc(NC(N)=NCCC(=O)Nc2ccc(Br)cc2)cc1. The van der Waals surface area contributed by atoms with Gasteiger partial charge in [0.25, 0.3) is 0 Å². The van der Waals surface area contributed by atoms with E-state index in [1.165, 1.54) is 5.56 Å². The number of anilines is 2. The largest absolute Gasteiger partial charge is 0.370 e. The molecule has 6 heteroatoms. The number of benzene rings is 2. The Balaban J connectivity index is 1.77. The summed E-state index contributed by atoms with van der Waals surface area (Å²) >= 11 is 3.35. The van der Waals surface area contributed by atoms with Gasteiger partial charge in [-0.25, -0.2) is 0 Å². The fraction of sp³-hybridized carbons (Fsp3) is 0.176. The standard InChI is InChI=1S/C17H19BrN4O/c1-12-2-6-15(7-3-12)22-17(19)20-11-10-16(23)21-14-8-4-13(18)5-9-14/h2-9H,10-11H2,1H3,(H,21,23)(H3,19,20,22). The number of nitrogens with zero attached hydrogens (tertiary/aromatic N) is 1. The molecule has 0 aliphatic carbocycles. The molecule has 0 bridgehead atoms.